The summed E-state index contributed by atoms with van der Waals surface area (Å²) < 4.78 is 5.13. The van der Waals surface area contributed by atoms with Gasteiger partial charge in [0.1, 0.15) is 17.4 Å². The monoisotopic (exact) mass is 263 g/mol. The molecule has 0 aliphatic heterocycles. The number of anilines is 1. The van der Waals surface area contributed by atoms with Crippen LogP contribution >= 0.6 is 11.6 Å². The lowest BCUT2D eigenvalue weighted by atomic mass is 10.1. The summed E-state index contributed by atoms with van der Waals surface area (Å²) in [5, 5.41) is 3.57. The van der Waals surface area contributed by atoms with Crippen molar-refractivity contribution in [1.82, 2.24) is 9.97 Å². The summed E-state index contributed by atoms with van der Waals surface area (Å²) in [6.45, 7) is 1.86. The quantitative estimate of drug-likeness (QED) is 0.924. The minimum Gasteiger partial charge on any atom is -0.495 e. The molecule has 5 heteroatoms. The zero-order chi connectivity index (χ0) is 13.1. The van der Waals surface area contributed by atoms with E-state index in [1.165, 1.54) is 0 Å². The summed E-state index contributed by atoms with van der Waals surface area (Å²) >= 11 is 6.11. The number of methoxy groups -OCH3 is 1. The molecule has 0 bridgehead atoms. The minimum absolute atomic E-state index is 0.567. The highest BCUT2D eigenvalue weighted by molar-refractivity contribution is 6.32. The molecule has 1 N–H and O–H groups in total. The molecule has 2 rings (SSSR count). The Morgan fingerprint density at radius 2 is 2.00 bits per heavy atom. The number of halogens is 1. The molecule has 1 heterocycles. The molecular weight excluding hydrogens is 250 g/mol. The van der Waals surface area contributed by atoms with Gasteiger partial charge in [0.25, 0.3) is 0 Å². The highest BCUT2D eigenvalue weighted by Crippen LogP contribution is 2.29. The molecule has 2 aromatic rings. The van der Waals surface area contributed by atoms with Gasteiger partial charge in [-0.05, 0) is 25.1 Å². The molecule has 0 aliphatic carbocycles. The number of rotatable bonds is 3. The van der Waals surface area contributed by atoms with E-state index in [1.807, 2.05) is 38.2 Å². The number of benzene rings is 1. The molecule has 0 aliphatic rings. The molecule has 0 amide bonds. The van der Waals surface area contributed by atoms with Crippen molar-refractivity contribution >= 4 is 17.4 Å². The Morgan fingerprint density at radius 1 is 1.22 bits per heavy atom. The van der Waals surface area contributed by atoms with Crippen LogP contribution in [0.15, 0.2) is 24.3 Å². The fourth-order valence-electron chi connectivity index (χ4n) is 1.67. The molecule has 4 nitrogen and oxygen atoms in total. The fraction of sp³-hybridized carbons (Fsp3) is 0.231. The lowest BCUT2D eigenvalue weighted by Crippen LogP contribution is -1.98. The van der Waals surface area contributed by atoms with E-state index in [0.717, 1.165) is 17.1 Å². The second kappa shape index (κ2) is 5.23. The Hall–Kier alpha value is -1.81. The zero-order valence-electron chi connectivity index (χ0n) is 10.5. The van der Waals surface area contributed by atoms with Gasteiger partial charge in [-0.3, -0.25) is 0 Å². The van der Waals surface area contributed by atoms with Crippen molar-refractivity contribution in [2.24, 2.45) is 0 Å². The second-order valence-corrected chi connectivity index (χ2v) is 4.19. The molecule has 94 valence electrons. The van der Waals surface area contributed by atoms with Crippen LogP contribution in [0.1, 0.15) is 5.82 Å². The number of hydrogen-bond donors (Lipinski definition) is 1. The van der Waals surface area contributed by atoms with Gasteiger partial charge in [0.05, 0.1) is 17.8 Å². The smallest absolute Gasteiger partial charge is 0.137 e. The van der Waals surface area contributed by atoms with E-state index in [4.69, 9.17) is 16.3 Å². The van der Waals surface area contributed by atoms with Gasteiger partial charge in [0, 0.05) is 18.7 Å². The van der Waals surface area contributed by atoms with Gasteiger partial charge in [-0.2, -0.15) is 0 Å². The van der Waals surface area contributed by atoms with Crippen LogP contribution in [0, 0.1) is 6.92 Å². The van der Waals surface area contributed by atoms with E-state index in [9.17, 15) is 0 Å². The molecule has 0 atom stereocenters. The minimum atomic E-state index is 0.567. The Labute approximate surface area is 111 Å². The second-order valence-electron chi connectivity index (χ2n) is 3.78. The lowest BCUT2D eigenvalue weighted by molar-refractivity contribution is 0.415. The third-order valence-corrected chi connectivity index (χ3v) is 2.84. The first kappa shape index (κ1) is 12.6. The van der Waals surface area contributed by atoms with Crippen molar-refractivity contribution in [1.29, 1.82) is 0 Å². The summed E-state index contributed by atoms with van der Waals surface area (Å²) in [5.41, 5.74) is 1.76. The van der Waals surface area contributed by atoms with E-state index in [0.29, 0.717) is 16.6 Å². The van der Waals surface area contributed by atoms with Gasteiger partial charge in [-0.1, -0.05) is 11.6 Å². The fourth-order valence-corrected chi connectivity index (χ4v) is 1.93. The highest BCUT2D eigenvalue weighted by Gasteiger charge is 2.07. The van der Waals surface area contributed by atoms with Crippen LogP contribution in [0.4, 0.5) is 5.82 Å². The van der Waals surface area contributed by atoms with Crippen LogP contribution in [0.25, 0.3) is 11.3 Å². The summed E-state index contributed by atoms with van der Waals surface area (Å²) in [6.07, 6.45) is 0. The van der Waals surface area contributed by atoms with Crippen LogP contribution in [-0.2, 0) is 0 Å². The van der Waals surface area contributed by atoms with Gasteiger partial charge >= 0.3 is 0 Å². The lowest BCUT2D eigenvalue weighted by Gasteiger charge is -2.08. The molecule has 1 aromatic heterocycles. The predicted molar refractivity (Wildman–Crippen MR) is 73.3 cm³/mol. The molecule has 0 radical (unpaired) electrons. The summed E-state index contributed by atoms with van der Waals surface area (Å²) in [6, 6.07) is 7.47. The zero-order valence-corrected chi connectivity index (χ0v) is 11.2. The van der Waals surface area contributed by atoms with E-state index in [1.54, 1.807) is 7.11 Å². The van der Waals surface area contributed by atoms with E-state index >= 15 is 0 Å². The summed E-state index contributed by atoms with van der Waals surface area (Å²) in [4.78, 5) is 8.65. The topological polar surface area (TPSA) is 47.0 Å². The average Bonchev–Trinajstić information content (AvgIpc) is 2.37. The van der Waals surface area contributed by atoms with Crippen LogP contribution in [0.3, 0.4) is 0 Å². The van der Waals surface area contributed by atoms with Gasteiger partial charge in [0.2, 0.25) is 0 Å². The first-order valence-corrected chi connectivity index (χ1v) is 5.89. The van der Waals surface area contributed by atoms with Crippen molar-refractivity contribution in [3.8, 4) is 17.0 Å². The molecule has 0 spiro atoms. The maximum absolute atomic E-state index is 6.11. The number of hydrogen-bond acceptors (Lipinski definition) is 4. The standard InChI is InChI=1S/C13H14ClN3O/c1-8-16-11(7-13(15-2)17-8)9-4-5-12(18-3)10(14)6-9/h4-7H,1-3H3,(H,15,16,17). The van der Waals surface area contributed by atoms with Crippen molar-refractivity contribution in [2.75, 3.05) is 19.5 Å². The normalized spacial score (nSPS) is 10.2. The van der Waals surface area contributed by atoms with E-state index < -0.39 is 0 Å². The number of nitrogens with zero attached hydrogens (tertiary/aromatic N) is 2. The SMILES string of the molecule is CNc1cc(-c2ccc(OC)c(Cl)c2)nc(C)n1. The molecule has 18 heavy (non-hydrogen) atoms. The average molecular weight is 264 g/mol. The molecule has 0 saturated carbocycles. The van der Waals surface area contributed by atoms with Crippen LogP contribution in [0.5, 0.6) is 5.75 Å². The van der Waals surface area contributed by atoms with Gasteiger partial charge in [-0.25, -0.2) is 9.97 Å². The predicted octanol–water partition coefficient (Wildman–Crippen LogP) is 3.16. The Bertz CT molecular complexity index is 572. The van der Waals surface area contributed by atoms with Gasteiger partial charge in [-0.15, -0.1) is 0 Å². The van der Waals surface area contributed by atoms with Crippen molar-refractivity contribution in [2.45, 2.75) is 6.92 Å². The molecule has 0 fully saturated rings. The van der Waals surface area contributed by atoms with Crippen molar-refractivity contribution in [3.63, 3.8) is 0 Å². The van der Waals surface area contributed by atoms with Crippen molar-refractivity contribution in [3.05, 3.63) is 35.1 Å². The number of nitrogens with one attached hydrogen (secondary N) is 1. The Balaban J connectivity index is 2.48. The van der Waals surface area contributed by atoms with Gasteiger partial charge < -0.3 is 10.1 Å². The molecular formula is C13H14ClN3O. The van der Waals surface area contributed by atoms with E-state index in [2.05, 4.69) is 15.3 Å². The number of ether oxygens (including phenoxy) is 1. The molecule has 0 unspecified atom stereocenters. The Kier molecular flexibility index (Phi) is 3.67. The van der Waals surface area contributed by atoms with Crippen molar-refractivity contribution < 1.29 is 4.74 Å². The maximum atomic E-state index is 6.11. The Morgan fingerprint density at radius 3 is 2.61 bits per heavy atom. The van der Waals surface area contributed by atoms with Crippen LogP contribution in [-0.4, -0.2) is 24.1 Å². The first-order valence-electron chi connectivity index (χ1n) is 5.51. The third kappa shape index (κ3) is 2.54. The highest BCUT2D eigenvalue weighted by atomic mass is 35.5. The molecule has 0 saturated heterocycles. The largest absolute Gasteiger partial charge is 0.495 e. The van der Waals surface area contributed by atoms with E-state index in [-0.39, 0.29) is 0 Å². The number of aryl methyl sites for hydroxylation is 1. The summed E-state index contributed by atoms with van der Waals surface area (Å²) in [7, 11) is 3.42. The summed E-state index contributed by atoms with van der Waals surface area (Å²) in [5.74, 6) is 2.15. The maximum Gasteiger partial charge on any atom is 0.137 e. The van der Waals surface area contributed by atoms with Crippen LogP contribution < -0.4 is 10.1 Å². The molecule has 1 aromatic carbocycles. The van der Waals surface area contributed by atoms with Crippen LogP contribution in [0.2, 0.25) is 5.02 Å². The van der Waals surface area contributed by atoms with Gasteiger partial charge in [0.15, 0.2) is 0 Å². The first-order chi connectivity index (χ1) is 8.63. The third-order valence-electron chi connectivity index (χ3n) is 2.54. The number of aromatic nitrogens is 2.